The summed E-state index contributed by atoms with van der Waals surface area (Å²) in [6, 6.07) is 24.4. The van der Waals surface area contributed by atoms with Gasteiger partial charge in [-0.25, -0.2) is 4.79 Å². The van der Waals surface area contributed by atoms with Crippen LogP contribution in [0.15, 0.2) is 78.9 Å². The van der Waals surface area contributed by atoms with E-state index in [9.17, 15) is 9.59 Å². The Morgan fingerprint density at radius 2 is 1.63 bits per heavy atom. The van der Waals surface area contributed by atoms with E-state index in [0.29, 0.717) is 11.1 Å². The first-order valence-corrected chi connectivity index (χ1v) is 9.96. The van der Waals surface area contributed by atoms with Gasteiger partial charge in [0.05, 0.1) is 5.56 Å². The van der Waals surface area contributed by atoms with Crippen molar-refractivity contribution in [3.63, 3.8) is 0 Å². The quantitative estimate of drug-likeness (QED) is 0.575. The standard InChI is InChI=1S/C25H23NO4/c1-18-15-19-9-6-8-14-23(19)26(18)24(27)17-30-25(28)22-13-7-5-10-20(22)16-29-21-11-3-2-4-12-21/h2-14,18H,15-17H2,1H3/t18-/m0/s1. The third kappa shape index (κ3) is 4.20. The third-order valence-corrected chi connectivity index (χ3v) is 5.18. The molecular weight excluding hydrogens is 378 g/mol. The molecule has 1 amide bonds. The predicted molar refractivity (Wildman–Crippen MR) is 115 cm³/mol. The Labute approximate surface area is 175 Å². The van der Waals surface area contributed by atoms with Crippen LogP contribution in [0.25, 0.3) is 0 Å². The first-order chi connectivity index (χ1) is 14.6. The summed E-state index contributed by atoms with van der Waals surface area (Å²) in [6.45, 7) is 1.93. The number of hydrogen-bond donors (Lipinski definition) is 0. The smallest absolute Gasteiger partial charge is 0.339 e. The van der Waals surface area contributed by atoms with Gasteiger partial charge in [-0.15, -0.1) is 0 Å². The molecule has 0 radical (unpaired) electrons. The molecule has 5 nitrogen and oxygen atoms in total. The SMILES string of the molecule is C[C@H]1Cc2ccccc2N1C(=O)COC(=O)c1ccccc1COc1ccccc1. The number of benzene rings is 3. The average Bonchev–Trinajstić information content (AvgIpc) is 3.12. The molecule has 1 aliphatic heterocycles. The van der Waals surface area contributed by atoms with Crippen LogP contribution in [0.3, 0.4) is 0 Å². The number of carbonyl (C=O) groups is 2. The van der Waals surface area contributed by atoms with E-state index >= 15 is 0 Å². The summed E-state index contributed by atoms with van der Waals surface area (Å²) in [6.07, 6.45) is 0.801. The number of rotatable bonds is 6. The molecule has 0 fully saturated rings. The number of amides is 1. The summed E-state index contributed by atoms with van der Waals surface area (Å²) in [7, 11) is 0. The Balaban J connectivity index is 1.40. The van der Waals surface area contributed by atoms with Crippen LogP contribution in [0.1, 0.15) is 28.4 Å². The van der Waals surface area contributed by atoms with Crippen molar-refractivity contribution in [1.82, 2.24) is 0 Å². The average molecular weight is 401 g/mol. The van der Waals surface area contributed by atoms with Crippen molar-refractivity contribution in [3.8, 4) is 5.75 Å². The maximum atomic E-state index is 12.8. The molecule has 4 rings (SSSR count). The zero-order valence-corrected chi connectivity index (χ0v) is 16.8. The van der Waals surface area contributed by atoms with E-state index in [4.69, 9.17) is 9.47 Å². The van der Waals surface area contributed by atoms with E-state index in [1.807, 2.05) is 73.7 Å². The molecular formula is C25H23NO4. The maximum Gasteiger partial charge on any atom is 0.339 e. The Morgan fingerprint density at radius 3 is 2.47 bits per heavy atom. The lowest BCUT2D eigenvalue weighted by atomic mass is 10.1. The van der Waals surface area contributed by atoms with Crippen molar-refractivity contribution in [1.29, 1.82) is 0 Å². The molecule has 0 spiro atoms. The van der Waals surface area contributed by atoms with Gasteiger partial charge in [-0.2, -0.15) is 0 Å². The number of hydrogen-bond acceptors (Lipinski definition) is 4. The fourth-order valence-corrected chi connectivity index (χ4v) is 3.74. The Kier molecular flexibility index (Phi) is 5.80. The van der Waals surface area contributed by atoms with Crippen LogP contribution in [0.5, 0.6) is 5.75 Å². The molecule has 3 aromatic carbocycles. The van der Waals surface area contributed by atoms with Gasteiger partial charge < -0.3 is 14.4 Å². The molecule has 0 N–H and O–H groups in total. The molecule has 1 aliphatic rings. The second-order valence-corrected chi connectivity index (χ2v) is 7.28. The molecule has 152 valence electrons. The lowest BCUT2D eigenvalue weighted by Gasteiger charge is -2.22. The Bertz CT molecular complexity index is 1050. The van der Waals surface area contributed by atoms with Crippen LogP contribution < -0.4 is 9.64 Å². The zero-order valence-electron chi connectivity index (χ0n) is 16.8. The fraction of sp³-hybridized carbons (Fsp3) is 0.200. The number of esters is 1. The molecule has 0 aromatic heterocycles. The number of fused-ring (bicyclic) bond motifs is 1. The van der Waals surface area contributed by atoms with Gasteiger partial charge >= 0.3 is 5.97 Å². The molecule has 3 aromatic rings. The van der Waals surface area contributed by atoms with Gasteiger partial charge in [0.2, 0.25) is 0 Å². The second kappa shape index (κ2) is 8.82. The van der Waals surface area contributed by atoms with Gasteiger partial charge in [0.15, 0.2) is 6.61 Å². The van der Waals surface area contributed by atoms with E-state index in [-0.39, 0.29) is 25.2 Å². The van der Waals surface area contributed by atoms with Crippen molar-refractivity contribution in [3.05, 3.63) is 95.6 Å². The van der Waals surface area contributed by atoms with Gasteiger partial charge in [-0.3, -0.25) is 4.79 Å². The van der Waals surface area contributed by atoms with E-state index in [1.54, 1.807) is 17.0 Å². The molecule has 5 heteroatoms. The van der Waals surface area contributed by atoms with E-state index in [2.05, 4.69) is 0 Å². The molecule has 0 unspecified atom stereocenters. The molecule has 0 aliphatic carbocycles. The minimum absolute atomic E-state index is 0.0418. The van der Waals surface area contributed by atoms with Gasteiger partial charge in [-0.1, -0.05) is 54.6 Å². The van der Waals surface area contributed by atoms with Gasteiger partial charge in [0.1, 0.15) is 12.4 Å². The van der Waals surface area contributed by atoms with Gasteiger partial charge in [0.25, 0.3) is 5.91 Å². The van der Waals surface area contributed by atoms with E-state index in [0.717, 1.165) is 23.4 Å². The molecule has 0 saturated heterocycles. The van der Waals surface area contributed by atoms with Crippen LogP contribution >= 0.6 is 0 Å². The molecule has 1 heterocycles. The summed E-state index contributed by atoms with van der Waals surface area (Å²) >= 11 is 0. The first kappa shape index (κ1) is 19.7. The predicted octanol–water partition coefficient (Wildman–Crippen LogP) is 4.40. The minimum Gasteiger partial charge on any atom is -0.489 e. The minimum atomic E-state index is -0.532. The largest absolute Gasteiger partial charge is 0.489 e. The van der Waals surface area contributed by atoms with Gasteiger partial charge in [-0.05, 0) is 43.2 Å². The van der Waals surface area contributed by atoms with Crippen molar-refractivity contribution in [2.45, 2.75) is 26.0 Å². The highest BCUT2D eigenvalue weighted by Gasteiger charge is 2.31. The van der Waals surface area contributed by atoms with Crippen LogP contribution in [0.2, 0.25) is 0 Å². The number of nitrogens with zero attached hydrogens (tertiary/aromatic N) is 1. The normalized spacial score (nSPS) is 14.8. The van der Waals surface area contributed by atoms with Crippen molar-refractivity contribution in [2.75, 3.05) is 11.5 Å². The van der Waals surface area contributed by atoms with E-state index < -0.39 is 5.97 Å². The summed E-state index contributed by atoms with van der Waals surface area (Å²) < 4.78 is 11.1. The highest BCUT2D eigenvalue weighted by molar-refractivity contribution is 5.99. The molecule has 30 heavy (non-hydrogen) atoms. The summed E-state index contributed by atoms with van der Waals surface area (Å²) in [5, 5.41) is 0. The van der Waals surface area contributed by atoms with Gasteiger partial charge in [0, 0.05) is 17.3 Å². The van der Waals surface area contributed by atoms with Crippen molar-refractivity contribution < 1.29 is 19.1 Å². The number of anilines is 1. The second-order valence-electron chi connectivity index (χ2n) is 7.28. The summed E-state index contributed by atoms with van der Waals surface area (Å²) in [5.41, 5.74) is 3.13. The summed E-state index contributed by atoms with van der Waals surface area (Å²) in [5.74, 6) is -0.0351. The number of para-hydroxylation sites is 2. The first-order valence-electron chi connectivity index (χ1n) is 9.96. The lowest BCUT2D eigenvalue weighted by molar-refractivity contribution is -0.122. The van der Waals surface area contributed by atoms with Crippen LogP contribution in [0, 0.1) is 0 Å². The lowest BCUT2D eigenvalue weighted by Crippen LogP contribution is -2.38. The highest BCUT2D eigenvalue weighted by Crippen LogP contribution is 2.31. The van der Waals surface area contributed by atoms with Crippen LogP contribution in [0.4, 0.5) is 5.69 Å². The third-order valence-electron chi connectivity index (χ3n) is 5.18. The van der Waals surface area contributed by atoms with Crippen molar-refractivity contribution in [2.24, 2.45) is 0 Å². The Morgan fingerprint density at radius 1 is 0.933 bits per heavy atom. The molecule has 0 saturated carbocycles. The van der Waals surface area contributed by atoms with Crippen molar-refractivity contribution >= 4 is 17.6 Å². The fourth-order valence-electron chi connectivity index (χ4n) is 3.74. The van der Waals surface area contributed by atoms with Crippen LogP contribution in [-0.2, 0) is 22.6 Å². The van der Waals surface area contributed by atoms with E-state index in [1.165, 1.54) is 0 Å². The maximum absolute atomic E-state index is 12.8. The van der Waals surface area contributed by atoms with Crippen LogP contribution in [-0.4, -0.2) is 24.5 Å². The monoisotopic (exact) mass is 401 g/mol. The number of carbonyl (C=O) groups excluding carboxylic acids is 2. The number of ether oxygens (including phenoxy) is 2. The molecule has 1 atom stereocenters. The molecule has 0 bridgehead atoms. The Hall–Kier alpha value is -3.60. The zero-order chi connectivity index (χ0) is 20.9. The highest BCUT2D eigenvalue weighted by atomic mass is 16.5. The topological polar surface area (TPSA) is 55.8 Å². The summed E-state index contributed by atoms with van der Waals surface area (Å²) in [4.78, 5) is 27.2.